The highest BCUT2D eigenvalue weighted by molar-refractivity contribution is 7.90. The van der Waals surface area contributed by atoms with E-state index in [0.29, 0.717) is 17.5 Å². The molecule has 0 unspecified atom stereocenters. The number of methoxy groups -OCH3 is 1. The third-order valence-electron chi connectivity index (χ3n) is 2.80. The molecule has 0 aliphatic carbocycles. The van der Waals surface area contributed by atoms with Crippen LogP contribution in [0.2, 0.25) is 5.15 Å². The summed E-state index contributed by atoms with van der Waals surface area (Å²) in [6.45, 7) is 0.402. The van der Waals surface area contributed by atoms with E-state index in [2.05, 4.69) is 4.98 Å². The van der Waals surface area contributed by atoms with Gasteiger partial charge in [-0.1, -0.05) is 29.8 Å². The molecule has 20 heavy (non-hydrogen) atoms. The van der Waals surface area contributed by atoms with Crippen LogP contribution in [-0.2, 0) is 21.2 Å². The number of hydrogen-bond acceptors (Lipinski definition) is 4. The van der Waals surface area contributed by atoms with Gasteiger partial charge in [0.05, 0.1) is 17.2 Å². The van der Waals surface area contributed by atoms with E-state index in [1.54, 1.807) is 31.4 Å². The Kier molecular flexibility index (Phi) is 4.42. The second-order valence-electron chi connectivity index (χ2n) is 4.38. The molecule has 2 rings (SSSR count). The fourth-order valence-corrected chi connectivity index (χ4v) is 2.60. The Morgan fingerprint density at radius 3 is 2.30 bits per heavy atom. The highest BCUT2D eigenvalue weighted by Crippen LogP contribution is 2.23. The maximum Gasteiger partial charge on any atom is 0.175 e. The maximum absolute atomic E-state index is 11.4. The molecule has 0 bridgehead atoms. The first-order valence-electron chi connectivity index (χ1n) is 5.86. The number of pyridine rings is 1. The smallest absolute Gasteiger partial charge is 0.175 e. The van der Waals surface area contributed by atoms with Crippen LogP contribution in [0.3, 0.4) is 0 Å². The second-order valence-corrected chi connectivity index (χ2v) is 6.75. The molecule has 1 heterocycles. The van der Waals surface area contributed by atoms with E-state index in [1.165, 1.54) is 6.26 Å². The van der Waals surface area contributed by atoms with E-state index in [1.807, 2.05) is 12.1 Å². The molecule has 0 fully saturated rings. The lowest BCUT2D eigenvalue weighted by Crippen LogP contribution is -1.97. The van der Waals surface area contributed by atoms with Crippen molar-refractivity contribution < 1.29 is 13.2 Å². The maximum atomic E-state index is 11.4. The van der Waals surface area contributed by atoms with E-state index in [4.69, 9.17) is 16.3 Å². The third kappa shape index (κ3) is 3.36. The molecule has 0 aliphatic heterocycles. The minimum Gasteiger partial charge on any atom is -0.380 e. The standard InChI is InChI=1S/C14H14ClNO3S/c1-19-9-11-5-8-13(16-14(11)15)10-3-6-12(7-4-10)20(2,17)18/h3-8H,9H2,1-2H3. The van der Waals surface area contributed by atoms with Crippen LogP contribution in [0.5, 0.6) is 0 Å². The summed E-state index contributed by atoms with van der Waals surface area (Å²) >= 11 is 6.07. The molecule has 0 amide bonds. The van der Waals surface area contributed by atoms with Gasteiger partial charge in [0.1, 0.15) is 5.15 Å². The predicted molar refractivity (Wildman–Crippen MR) is 78.5 cm³/mol. The number of ether oxygens (including phenoxy) is 1. The van der Waals surface area contributed by atoms with Crippen LogP contribution in [0.15, 0.2) is 41.3 Å². The van der Waals surface area contributed by atoms with Crippen molar-refractivity contribution in [1.82, 2.24) is 4.98 Å². The summed E-state index contributed by atoms with van der Waals surface area (Å²) in [5, 5.41) is 0.386. The summed E-state index contributed by atoms with van der Waals surface area (Å²) in [7, 11) is -1.60. The Labute approximate surface area is 123 Å². The molecule has 0 atom stereocenters. The van der Waals surface area contributed by atoms with Crippen molar-refractivity contribution in [3.63, 3.8) is 0 Å². The zero-order valence-electron chi connectivity index (χ0n) is 11.1. The fourth-order valence-electron chi connectivity index (χ4n) is 1.76. The van der Waals surface area contributed by atoms with Gasteiger partial charge in [-0.15, -0.1) is 0 Å². The van der Waals surface area contributed by atoms with E-state index in [0.717, 1.165) is 11.1 Å². The summed E-state index contributed by atoms with van der Waals surface area (Å²) in [6, 6.07) is 10.2. The lowest BCUT2D eigenvalue weighted by atomic mass is 10.1. The first kappa shape index (κ1) is 15.0. The van der Waals surface area contributed by atoms with Gasteiger partial charge in [0, 0.05) is 24.5 Å². The number of hydrogen-bond donors (Lipinski definition) is 0. The monoisotopic (exact) mass is 311 g/mol. The minimum absolute atomic E-state index is 0.281. The highest BCUT2D eigenvalue weighted by Gasteiger charge is 2.09. The van der Waals surface area contributed by atoms with Crippen LogP contribution in [0, 0.1) is 0 Å². The van der Waals surface area contributed by atoms with Gasteiger partial charge in [-0.3, -0.25) is 0 Å². The Morgan fingerprint density at radius 1 is 1.15 bits per heavy atom. The SMILES string of the molecule is COCc1ccc(-c2ccc(S(C)(=O)=O)cc2)nc1Cl. The molecular weight excluding hydrogens is 298 g/mol. The van der Waals surface area contributed by atoms with Crippen LogP contribution in [-0.4, -0.2) is 26.8 Å². The van der Waals surface area contributed by atoms with Crippen molar-refractivity contribution in [3.8, 4) is 11.3 Å². The van der Waals surface area contributed by atoms with Gasteiger partial charge in [0.2, 0.25) is 0 Å². The van der Waals surface area contributed by atoms with E-state index in [9.17, 15) is 8.42 Å². The third-order valence-corrected chi connectivity index (χ3v) is 4.26. The van der Waals surface area contributed by atoms with Gasteiger partial charge in [-0.05, 0) is 18.2 Å². The second kappa shape index (κ2) is 5.91. The van der Waals surface area contributed by atoms with E-state index in [-0.39, 0.29) is 4.90 Å². The number of nitrogens with zero attached hydrogens (tertiary/aromatic N) is 1. The van der Waals surface area contributed by atoms with Gasteiger partial charge in [0.25, 0.3) is 0 Å². The Balaban J connectivity index is 2.35. The highest BCUT2D eigenvalue weighted by atomic mass is 35.5. The lowest BCUT2D eigenvalue weighted by molar-refractivity contribution is 0.184. The molecule has 2 aromatic rings. The quantitative estimate of drug-likeness (QED) is 0.815. The van der Waals surface area contributed by atoms with E-state index < -0.39 is 9.84 Å². The average molecular weight is 312 g/mol. The number of benzene rings is 1. The molecule has 1 aromatic carbocycles. The van der Waals surface area contributed by atoms with Crippen molar-refractivity contribution in [2.45, 2.75) is 11.5 Å². The molecular formula is C14H14ClNO3S. The number of aromatic nitrogens is 1. The first-order valence-corrected chi connectivity index (χ1v) is 8.13. The van der Waals surface area contributed by atoms with Gasteiger partial charge < -0.3 is 4.74 Å². The molecule has 4 nitrogen and oxygen atoms in total. The summed E-state index contributed by atoms with van der Waals surface area (Å²) < 4.78 is 27.8. The van der Waals surface area contributed by atoms with Gasteiger partial charge in [-0.25, -0.2) is 13.4 Å². The normalized spacial score (nSPS) is 11.6. The van der Waals surface area contributed by atoms with E-state index >= 15 is 0 Å². The van der Waals surface area contributed by atoms with Crippen LogP contribution in [0.1, 0.15) is 5.56 Å². The van der Waals surface area contributed by atoms with Crippen LogP contribution < -0.4 is 0 Å². The molecule has 0 aliphatic rings. The van der Waals surface area contributed by atoms with Crippen molar-refractivity contribution in [2.24, 2.45) is 0 Å². The largest absolute Gasteiger partial charge is 0.380 e. The van der Waals surface area contributed by atoms with Crippen LogP contribution in [0.25, 0.3) is 11.3 Å². The molecule has 0 spiro atoms. The Bertz CT molecular complexity index is 712. The number of halogens is 1. The summed E-state index contributed by atoms with van der Waals surface area (Å²) in [4.78, 5) is 4.57. The number of sulfone groups is 1. The molecule has 0 radical (unpaired) electrons. The van der Waals surface area contributed by atoms with Crippen molar-refractivity contribution in [3.05, 3.63) is 47.1 Å². The van der Waals surface area contributed by atoms with Crippen molar-refractivity contribution in [2.75, 3.05) is 13.4 Å². The summed E-state index contributed by atoms with van der Waals surface area (Å²) in [5.74, 6) is 0. The molecule has 1 aromatic heterocycles. The molecule has 106 valence electrons. The number of rotatable bonds is 4. The predicted octanol–water partition coefficient (Wildman–Crippen LogP) is 2.95. The van der Waals surface area contributed by atoms with Crippen LogP contribution >= 0.6 is 11.6 Å². The zero-order valence-corrected chi connectivity index (χ0v) is 12.7. The topological polar surface area (TPSA) is 56.3 Å². The zero-order chi connectivity index (χ0) is 14.8. The average Bonchev–Trinajstić information content (AvgIpc) is 2.40. The van der Waals surface area contributed by atoms with Crippen molar-refractivity contribution >= 4 is 21.4 Å². The Hall–Kier alpha value is -1.43. The summed E-state index contributed by atoms with van der Waals surface area (Å²) in [6.07, 6.45) is 1.18. The van der Waals surface area contributed by atoms with Crippen molar-refractivity contribution in [1.29, 1.82) is 0 Å². The minimum atomic E-state index is -3.19. The van der Waals surface area contributed by atoms with Gasteiger partial charge in [0.15, 0.2) is 9.84 Å². The van der Waals surface area contributed by atoms with Gasteiger partial charge >= 0.3 is 0 Å². The van der Waals surface area contributed by atoms with Gasteiger partial charge in [-0.2, -0.15) is 0 Å². The molecule has 6 heteroatoms. The molecule has 0 saturated heterocycles. The first-order chi connectivity index (χ1) is 9.41. The lowest BCUT2D eigenvalue weighted by Gasteiger charge is -2.06. The Morgan fingerprint density at radius 2 is 1.80 bits per heavy atom. The summed E-state index contributed by atoms with van der Waals surface area (Å²) in [5.41, 5.74) is 2.31. The molecule has 0 saturated carbocycles. The molecule has 0 N–H and O–H groups in total. The fraction of sp³-hybridized carbons (Fsp3) is 0.214. The van der Waals surface area contributed by atoms with Crippen LogP contribution in [0.4, 0.5) is 0 Å².